The van der Waals surface area contributed by atoms with Crippen molar-refractivity contribution in [2.45, 2.75) is 296 Å². The van der Waals surface area contributed by atoms with E-state index in [1.54, 1.807) is 0 Å². The van der Waals surface area contributed by atoms with E-state index in [-0.39, 0.29) is 24.9 Å². The number of hydrogen-bond donors (Lipinski definition) is 3. The number of rotatable bonds is 49. The lowest BCUT2D eigenvalue weighted by Crippen LogP contribution is -2.46. The second-order valence-electron chi connectivity index (χ2n) is 18.6. The molecule has 0 aliphatic rings. The molecule has 6 heteroatoms. The molecule has 0 rings (SSSR count). The van der Waals surface area contributed by atoms with Crippen molar-refractivity contribution in [3.05, 3.63) is 48.6 Å². The van der Waals surface area contributed by atoms with Crippen molar-refractivity contribution in [3.8, 4) is 0 Å². The fraction of sp³-hybridized carbons (Fsp3) is 0.825. The lowest BCUT2D eigenvalue weighted by Gasteiger charge is -2.24. The van der Waals surface area contributed by atoms with E-state index in [1.165, 1.54) is 148 Å². The van der Waals surface area contributed by atoms with Gasteiger partial charge in [0, 0.05) is 6.42 Å². The molecule has 0 aromatic carbocycles. The summed E-state index contributed by atoms with van der Waals surface area (Å²) in [5, 5.41) is 23.8. The van der Waals surface area contributed by atoms with Crippen molar-refractivity contribution in [2.24, 2.45) is 0 Å². The number of aliphatic hydroxyl groups is 2. The predicted molar refractivity (Wildman–Crippen MR) is 273 cm³/mol. The summed E-state index contributed by atoms with van der Waals surface area (Å²) in [5.41, 5.74) is 0. The third-order valence-electron chi connectivity index (χ3n) is 12.4. The average molecular weight is 884 g/mol. The highest BCUT2D eigenvalue weighted by molar-refractivity contribution is 5.77. The summed E-state index contributed by atoms with van der Waals surface area (Å²) in [6.45, 7) is 6.45. The molecule has 0 heterocycles. The Balaban J connectivity index is 4.54. The maximum Gasteiger partial charge on any atom is 0.306 e. The van der Waals surface area contributed by atoms with Crippen LogP contribution in [0.4, 0.5) is 0 Å². The molecule has 6 nitrogen and oxygen atoms in total. The van der Waals surface area contributed by atoms with E-state index in [0.29, 0.717) is 19.3 Å². The molecule has 63 heavy (non-hydrogen) atoms. The summed E-state index contributed by atoms with van der Waals surface area (Å²) >= 11 is 0. The zero-order chi connectivity index (χ0) is 45.9. The van der Waals surface area contributed by atoms with Crippen molar-refractivity contribution in [1.29, 1.82) is 0 Å². The van der Waals surface area contributed by atoms with E-state index in [2.05, 4.69) is 74.7 Å². The van der Waals surface area contributed by atoms with Crippen molar-refractivity contribution in [3.63, 3.8) is 0 Å². The summed E-state index contributed by atoms with van der Waals surface area (Å²) in [4.78, 5) is 26.2. The van der Waals surface area contributed by atoms with Crippen LogP contribution < -0.4 is 5.32 Å². The molecule has 0 saturated heterocycles. The van der Waals surface area contributed by atoms with Crippen LogP contribution in [0.1, 0.15) is 278 Å². The Morgan fingerprint density at radius 2 is 0.825 bits per heavy atom. The smallest absolute Gasteiger partial charge is 0.306 e. The third kappa shape index (κ3) is 46.2. The lowest BCUT2D eigenvalue weighted by molar-refractivity contribution is -0.151. The number of aliphatic hydroxyl groups excluding tert-OH is 2. The molecule has 1 amide bonds. The molecule has 0 aliphatic heterocycles. The summed E-state index contributed by atoms with van der Waals surface area (Å²) in [6, 6.07) is -0.714. The maximum absolute atomic E-state index is 13.2. The highest BCUT2D eigenvalue weighted by Gasteiger charge is 2.24. The summed E-state index contributed by atoms with van der Waals surface area (Å²) in [6.07, 6.45) is 61.8. The van der Waals surface area contributed by atoms with Crippen LogP contribution in [0.25, 0.3) is 0 Å². The van der Waals surface area contributed by atoms with Gasteiger partial charge in [0.15, 0.2) is 0 Å². The third-order valence-corrected chi connectivity index (χ3v) is 12.4. The van der Waals surface area contributed by atoms with Gasteiger partial charge in [-0.15, -0.1) is 0 Å². The maximum atomic E-state index is 13.2. The fourth-order valence-corrected chi connectivity index (χ4v) is 8.20. The van der Waals surface area contributed by atoms with Crippen LogP contribution in [0.5, 0.6) is 0 Å². The molecular weight excluding hydrogens is 779 g/mol. The Kier molecular flexibility index (Phi) is 49.1. The minimum absolute atomic E-state index is 0.0484. The molecule has 0 radical (unpaired) electrons. The van der Waals surface area contributed by atoms with Crippen molar-refractivity contribution < 1.29 is 24.5 Å². The molecule has 0 aromatic rings. The summed E-state index contributed by atoms with van der Waals surface area (Å²) < 4.78 is 5.91. The average Bonchev–Trinajstić information content (AvgIpc) is 3.28. The van der Waals surface area contributed by atoms with Crippen molar-refractivity contribution >= 4 is 11.9 Å². The van der Waals surface area contributed by atoms with E-state index in [0.717, 1.165) is 83.5 Å². The van der Waals surface area contributed by atoms with Crippen LogP contribution in [-0.2, 0) is 14.3 Å². The molecule has 0 bridgehead atoms. The topological polar surface area (TPSA) is 95.9 Å². The van der Waals surface area contributed by atoms with E-state index < -0.39 is 18.2 Å². The Morgan fingerprint density at radius 3 is 1.30 bits per heavy atom. The Bertz CT molecular complexity index is 1080. The van der Waals surface area contributed by atoms with Gasteiger partial charge >= 0.3 is 5.97 Å². The van der Waals surface area contributed by atoms with E-state index >= 15 is 0 Å². The quantitative estimate of drug-likeness (QED) is 0.0321. The van der Waals surface area contributed by atoms with Gasteiger partial charge in [0.05, 0.1) is 25.2 Å². The number of esters is 1. The van der Waals surface area contributed by atoms with Gasteiger partial charge in [-0.05, 0) is 83.5 Å². The van der Waals surface area contributed by atoms with Gasteiger partial charge in [-0.25, -0.2) is 0 Å². The molecule has 3 N–H and O–H groups in total. The zero-order valence-corrected chi connectivity index (χ0v) is 42.0. The van der Waals surface area contributed by atoms with Gasteiger partial charge in [-0.1, -0.05) is 230 Å². The number of unbranched alkanes of at least 4 members (excludes halogenated alkanes) is 29. The Hall–Kier alpha value is -2.18. The molecular formula is C57H105NO5. The van der Waals surface area contributed by atoms with Crippen LogP contribution >= 0.6 is 0 Å². The number of carbonyl (C=O) groups is 2. The molecule has 3 unspecified atom stereocenters. The first kappa shape index (κ1) is 60.8. The minimum atomic E-state index is -0.798. The molecule has 3 atom stereocenters. The van der Waals surface area contributed by atoms with Crippen LogP contribution in [0.15, 0.2) is 48.6 Å². The van der Waals surface area contributed by atoms with Gasteiger partial charge in [-0.3, -0.25) is 9.59 Å². The zero-order valence-electron chi connectivity index (χ0n) is 42.0. The first-order chi connectivity index (χ1) is 31.0. The van der Waals surface area contributed by atoms with Crippen LogP contribution in [0.2, 0.25) is 0 Å². The Labute approximate surface area is 391 Å². The SMILES string of the molecule is CCCCC/C=C\C/C=C\C/C=C\CCCCCCC(=O)OC(CCC/C=C\CCCCCCCC)CC(=O)NC(CO)C(O)CCCCCCCCCCCCCCCCCC. The molecule has 0 fully saturated rings. The van der Waals surface area contributed by atoms with Crippen LogP contribution in [0, 0.1) is 0 Å². The van der Waals surface area contributed by atoms with Gasteiger partial charge in [0.2, 0.25) is 5.91 Å². The lowest BCUT2D eigenvalue weighted by atomic mass is 10.0. The molecule has 0 spiro atoms. The van der Waals surface area contributed by atoms with Gasteiger partial charge in [0.25, 0.3) is 0 Å². The van der Waals surface area contributed by atoms with E-state index in [1.807, 2.05) is 0 Å². The highest BCUT2D eigenvalue weighted by Crippen LogP contribution is 2.17. The fourth-order valence-electron chi connectivity index (χ4n) is 8.20. The largest absolute Gasteiger partial charge is 0.462 e. The first-order valence-electron chi connectivity index (χ1n) is 27.4. The second-order valence-corrected chi connectivity index (χ2v) is 18.6. The molecule has 368 valence electrons. The number of ether oxygens (including phenoxy) is 1. The molecule has 0 aromatic heterocycles. The first-order valence-corrected chi connectivity index (χ1v) is 27.4. The van der Waals surface area contributed by atoms with Crippen LogP contribution in [0.3, 0.4) is 0 Å². The van der Waals surface area contributed by atoms with Gasteiger partial charge in [0.1, 0.15) is 6.10 Å². The monoisotopic (exact) mass is 884 g/mol. The van der Waals surface area contributed by atoms with Crippen molar-refractivity contribution in [1.82, 2.24) is 5.32 Å². The van der Waals surface area contributed by atoms with Crippen LogP contribution in [-0.4, -0.2) is 46.9 Å². The van der Waals surface area contributed by atoms with Crippen molar-refractivity contribution in [2.75, 3.05) is 6.61 Å². The standard InChI is InChI=1S/C57H105NO5/c1-4-7-10-13-16-19-22-24-26-28-30-32-35-38-41-44-47-50-57(62)63-53(48-45-42-39-36-33-21-18-15-12-9-6-3)51-56(61)58-54(52-59)55(60)49-46-43-40-37-34-31-29-27-25-23-20-17-14-11-8-5-2/h16,19,24,26,30,32,36,39,53-55,59-60H,4-15,17-18,20-23,25,27-29,31,33-35,37-38,40-52H2,1-3H3,(H,58,61)/b19-16-,26-24-,32-30-,39-36-. The second kappa shape index (κ2) is 50.8. The molecule has 0 aliphatic carbocycles. The summed E-state index contributed by atoms with van der Waals surface area (Å²) in [7, 11) is 0. The minimum Gasteiger partial charge on any atom is -0.462 e. The predicted octanol–water partition coefficient (Wildman–Crippen LogP) is 16.6. The Morgan fingerprint density at radius 1 is 0.460 bits per heavy atom. The van der Waals surface area contributed by atoms with Gasteiger partial charge < -0.3 is 20.3 Å². The molecule has 0 saturated carbocycles. The summed E-state index contributed by atoms with van der Waals surface area (Å²) in [5.74, 6) is -0.522. The number of nitrogens with one attached hydrogen (secondary N) is 1. The van der Waals surface area contributed by atoms with E-state index in [4.69, 9.17) is 4.74 Å². The number of amides is 1. The number of hydrogen-bond acceptors (Lipinski definition) is 5. The normalized spacial score (nSPS) is 13.5. The number of allylic oxidation sites excluding steroid dienone is 8. The highest BCUT2D eigenvalue weighted by atomic mass is 16.5. The van der Waals surface area contributed by atoms with E-state index in [9.17, 15) is 19.8 Å². The number of carbonyl (C=O) groups excluding carboxylic acids is 2. The van der Waals surface area contributed by atoms with Gasteiger partial charge in [-0.2, -0.15) is 0 Å².